The molecular weight excluding hydrogens is 396 g/mol. The zero-order valence-electron chi connectivity index (χ0n) is 16.4. The highest BCUT2D eigenvalue weighted by Gasteiger charge is 2.21. The molecule has 0 saturated carbocycles. The molecule has 0 bridgehead atoms. The van der Waals surface area contributed by atoms with Crippen molar-refractivity contribution in [1.29, 1.82) is 0 Å². The van der Waals surface area contributed by atoms with Crippen LogP contribution in [0.5, 0.6) is 17.2 Å². The van der Waals surface area contributed by atoms with E-state index in [-0.39, 0.29) is 18.9 Å². The molecule has 8 nitrogen and oxygen atoms in total. The van der Waals surface area contributed by atoms with Crippen molar-refractivity contribution in [2.24, 2.45) is 0 Å². The summed E-state index contributed by atoms with van der Waals surface area (Å²) in [6.07, 6.45) is 1.64. The first-order valence-electron chi connectivity index (χ1n) is 9.19. The Hall–Kier alpha value is -2.94. The second-order valence-corrected chi connectivity index (χ2v) is 8.42. The van der Waals surface area contributed by atoms with Gasteiger partial charge >= 0.3 is 0 Å². The van der Waals surface area contributed by atoms with E-state index >= 15 is 0 Å². The van der Waals surface area contributed by atoms with Crippen LogP contribution in [0.1, 0.15) is 12.8 Å². The number of carbonyl (C=O) groups is 1. The van der Waals surface area contributed by atoms with Gasteiger partial charge in [-0.05, 0) is 30.7 Å². The number of rotatable bonds is 8. The number of hydrogen-bond acceptors (Lipinski definition) is 6. The van der Waals surface area contributed by atoms with Crippen LogP contribution in [-0.4, -0.2) is 47.4 Å². The van der Waals surface area contributed by atoms with Crippen LogP contribution in [0.15, 0.2) is 42.5 Å². The predicted octanol–water partition coefficient (Wildman–Crippen LogP) is 2.65. The average Bonchev–Trinajstić information content (AvgIpc) is 2.70. The fraction of sp³-hybridized carbons (Fsp3) is 0.350. The van der Waals surface area contributed by atoms with Gasteiger partial charge in [0, 0.05) is 24.7 Å². The lowest BCUT2D eigenvalue weighted by Crippen LogP contribution is -2.31. The van der Waals surface area contributed by atoms with Crippen molar-refractivity contribution in [2.75, 3.05) is 42.7 Å². The molecule has 0 aliphatic carbocycles. The number of fused-ring (bicyclic) bond motifs is 1. The van der Waals surface area contributed by atoms with Crippen molar-refractivity contribution in [3.8, 4) is 17.2 Å². The Bertz CT molecular complexity index is 977. The van der Waals surface area contributed by atoms with E-state index in [1.54, 1.807) is 42.5 Å². The number of nitrogens with zero attached hydrogens (tertiary/aromatic N) is 1. The summed E-state index contributed by atoms with van der Waals surface area (Å²) in [5.74, 6) is 1.48. The fourth-order valence-corrected chi connectivity index (χ4v) is 4.00. The van der Waals surface area contributed by atoms with Gasteiger partial charge in [-0.15, -0.1) is 0 Å². The Morgan fingerprint density at radius 2 is 1.86 bits per heavy atom. The fourth-order valence-electron chi connectivity index (χ4n) is 3.03. The van der Waals surface area contributed by atoms with Crippen molar-refractivity contribution in [3.05, 3.63) is 42.5 Å². The Labute approximate surface area is 170 Å². The number of methoxy groups -OCH3 is 1. The molecule has 0 saturated heterocycles. The highest BCUT2D eigenvalue weighted by atomic mass is 32.2. The Kier molecular flexibility index (Phi) is 6.48. The Morgan fingerprint density at radius 3 is 2.59 bits per heavy atom. The van der Waals surface area contributed by atoms with Crippen molar-refractivity contribution in [1.82, 2.24) is 0 Å². The minimum Gasteiger partial charge on any atom is -0.495 e. The van der Waals surface area contributed by atoms with Gasteiger partial charge in [-0.1, -0.05) is 12.1 Å². The summed E-state index contributed by atoms with van der Waals surface area (Å²) in [4.78, 5) is 12.3. The molecule has 9 heteroatoms. The van der Waals surface area contributed by atoms with Gasteiger partial charge in [-0.25, -0.2) is 8.42 Å². The molecule has 0 aromatic heterocycles. The Balaban J connectivity index is 1.60. The molecule has 29 heavy (non-hydrogen) atoms. The SMILES string of the molecule is COc1ccccc1N(CCCC(=O)Nc1ccc2c(c1)OCCO2)S(C)(=O)=O. The normalized spacial score (nSPS) is 12.9. The van der Waals surface area contributed by atoms with Gasteiger partial charge in [0.15, 0.2) is 11.5 Å². The standard InChI is InChI=1S/C20H24N2O6S/c1-26-17-7-4-3-6-16(17)22(29(2,24)25)11-5-8-20(23)21-15-9-10-18-19(14-15)28-13-12-27-18/h3-4,6-7,9-10,14H,5,8,11-13H2,1-2H3,(H,21,23). The summed E-state index contributed by atoms with van der Waals surface area (Å²) in [7, 11) is -2.04. The van der Waals surface area contributed by atoms with Crippen molar-refractivity contribution in [2.45, 2.75) is 12.8 Å². The highest BCUT2D eigenvalue weighted by Crippen LogP contribution is 2.33. The molecule has 0 fully saturated rings. The van der Waals surface area contributed by atoms with E-state index in [4.69, 9.17) is 14.2 Å². The maximum Gasteiger partial charge on any atom is 0.232 e. The lowest BCUT2D eigenvalue weighted by molar-refractivity contribution is -0.116. The number of ether oxygens (including phenoxy) is 3. The van der Waals surface area contributed by atoms with Crippen molar-refractivity contribution >= 4 is 27.3 Å². The van der Waals surface area contributed by atoms with Gasteiger partial charge in [-0.3, -0.25) is 9.10 Å². The molecule has 0 unspecified atom stereocenters. The summed E-state index contributed by atoms with van der Waals surface area (Å²) < 4.78 is 42.0. The lowest BCUT2D eigenvalue weighted by Gasteiger charge is -2.24. The maximum atomic E-state index is 12.3. The first-order valence-corrected chi connectivity index (χ1v) is 11.0. The van der Waals surface area contributed by atoms with Gasteiger partial charge in [0.1, 0.15) is 19.0 Å². The summed E-state index contributed by atoms with van der Waals surface area (Å²) in [5.41, 5.74) is 1.05. The van der Waals surface area contributed by atoms with Crippen molar-refractivity contribution in [3.63, 3.8) is 0 Å². The number of carbonyl (C=O) groups excluding carboxylic acids is 1. The quantitative estimate of drug-likeness (QED) is 0.706. The molecule has 0 radical (unpaired) electrons. The van der Waals surface area contributed by atoms with Crippen molar-refractivity contribution < 1.29 is 27.4 Å². The number of para-hydroxylation sites is 2. The van der Waals surface area contributed by atoms with Crippen LogP contribution in [0.4, 0.5) is 11.4 Å². The van der Waals surface area contributed by atoms with E-state index in [0.29, 0.717) is 48.3 Å². The van der Waals surface area contributed by atoms with E-state index in [9.17, 15) is 13.2 Å². The zero-order valence-corrected chi connectivity index (χ0v) is 17.2. The molecule has 0 atom stereocenters. The minimum absolute atomic E-state index is 0.160. The number of benzene rings is 2. The smallest absolute Gasteiger partial charge is 0.232 e. The van der Waals surface area contributed by atoms with E-state index in [2.05, 4.69) is 5.32 Å². The van der Waals surface area contributed by atoms with Crippen LogP contribution in [0.2, 0.25) is 0 Å². The summed E-state index contributed by atoms with van der Waals surface area (Å²) in [6, 6.07) is 12.1. The van der Waals surface area contributed by atoms with Crippen LogP contribution in [0.25, 0.3) is 0 Å². The molecule has 1 aliphatic rings. The molecule has 1 amide bonds. The largest absolute Gasteiger partial charge is 0.495 e. The van der Waals surface area contributed by atoms with E-state index < -0.39 is 10.0 Å². The van der Waals surface area contributed by atoms with Gasteiger partial charge in [-0.2, -0.15) is 0 Å². The van der Waals surface area contributed by atoms with Crippen LogP contribution < -0.4 is 23.8 Å². The monoisotopic (exact) mass is 420 g/mol. The Morgan fingerprint density at radius 1 is 1.14 bits per heavy atom. The molecule has 1 N–H and O–H groups in total. The summed E-state index contributed by atoms with van der Waals surface area (Å²) in [6.45, 7) is 1.13. The van der Waals surface area contributed by atoms with E-state index in [1.807, 2.05) is 0 Å². The number of amides is 1. The first kappa shape index (κ1) is 20.8. The van der Waals surface area contributed by atoms with E-state index in [0.717, 1.165) is 6.26 Å². The third kappa shape index (κ3) is 5.32. The second-order valence-electron chi connectivity index (χ2n) is 6.52. The molecule has 2 aromatic carbocycles. The average molecular weight is 420 g/mol. The second kappa shape index (κ2) is 9.04. The number of hydrogen-bond donors (Lipinski definition) is 1. The topological polar surface area (TPSA) is 94.2 Å². The van der Waals surface area contributed by atoms with Gasteiger partial charge in [0.05, 0.1) is 19.1 Å². The van der Waals surface area contributed by atoms with Gasteiger partial charge < -0.3 is 19.5 Å². The molecule has 0 spiro atoms. The third-order valence-electron chi connectivity index (χ3n) is 4.35. The van der Waals surface area contributed by atoms with Crippen LogP contribution in [0.3, 0.4) is 0 Å². The minimum atomic E-state index is -3.53. The van der Waals surface area contributed by atoms with Gasteiger partial charge in [0.2, 0.25) is 15.9 Å². The first-order chi connectivity index (χ1) is 13.9. The summed E-state index contributed by atoms with van der Waals surface area (Å²) >= 11 is 0. The molecular formula is C20H24N2O6S. The highest BCUT2D eigenvalue weighted by molar-refractivity contribution is 7.92. The van der Waals surface area contributed by atoms with Gasteiger partial charge in [0.25, 0.3) is 0 Å². The maximum absolute atomic E-state index is 12.3. The van der Waals surface area contributed by atoms with Crippen LogP contribution >= 0.6 is 0 Å². The number of nitrogens with one attached hydrogen (secondary N) is 1. The number of anilines is 2. The third-order valence-corrected chi connectivity index (χ3v) is 5.53. The molecule has 1 aliphatic heterocycles. The molecule has 3 rings (SSSR count). The zero-order chi connectivity index (χ0) is 20.9. The summed E-state index contributed by atoms with van der Waals surface area (Å²) in [5, 5.41) is 2.80. The molecule has 1 heterocycles. The molecule has 156 valence electrons. The predicted molar refractivity (Wildman–Crippen MR) is 110 cm³/mol. The van der Waals surface area contributed by atoms with E-state index in [1.165, 1.54) is 11.4 Å². The number of sulfonamides is 1. The lowest BCUT2D eigenvalue weighted by atomic mass is 10.2. The van der Waals surface area contributed by atoms with Crippen LogP contribution in [-0.2, 0) is 14.8 Å². The molecule has 2 aromatic rings. The van der Waals surface area contributed by atoms with Crippen LogP contribution in [0, 0.1) is 0 Å².